The van der Waals surface area contributed by atoms with Gasteiger partial charge < -0.3 is 14.8 Å². The smallest absolute Gasteiger partial charge is 0.161 e. The summed E-state index contributed by atoms with van der Waals surface area (Å²) in [4.78, 5) is 0. The normalized spacial score (nSPS) is 22.4. The third-order valence-electron chi connectivity index (χ3n) is 3.50. The molecule has 1 fully saturated rings. The highest BCUT2D eigenvalue weighted by Gasteiger charge is 2.24. The molecule has 3 nitrogen and oxygen atoms in total. The summed E-state index contributed by atoms with van der Waals surface area (Å²) < 4.78 is 10.9. The van der Waals surface area contributed by atoms with E-state index in [-0.39, 0.29) is 0 Å². The topological polar surface area (TPSA) is 30.5 Å². The van der Waals surface area contributed by atoms with Crippen molar-refractivity contribution in [3.63, 3.8) is 0 Å². The second-order valence-corrected chi connectivity index (χ2v) is 5.07. The summed E-state index contributed by atoms with van der Waals surface area (Å²) in [5.74, 6) is 2.52. The summed E-state index contributed by atoms with van der Waals surface area (Å²) in [7, 11) is 1.67. The molecule has 1 aromatic carbocycles. The van der Waals surface area contributed by atoms with Crippen LogP contribution in [0.3, 0.4) is 0 Å². The lowest BCUT2D eigenvalue weighted by Gasteiger charge is -2.33. The van der Waals surface area contributed by atoms with Gasteiger partial charge in [0.25, 0.3) is 0 Å². The monoisotopic (exact) mass is 249 g/mol. The lowest BCUT2D eigenvalue weighted by molar-refractivity contribution is 0.240. The summed E-state index contributed by atoms with van der Waals surface area (Å²) in [6.07, 6.45) is 2.60. The van der Waals surface area contributed by atoms with E-state index in [1.165, 1.54) is 18.4 Å². The number of ether oxygens (including phenoxy) is 2. The lowest BCUT2D eigenvalue weighted by atomic mass is 9.82. The summed E-state index contributed by atoms with van der Waals surface area (Å²) in [5.41, 5.74) is 1.25. The molecule has 1 aromatic rings. The Morgan fingerprint density at radius 1 is 1.28 bits per heavy atom. The number of benzene rings is 1. The third kappa shape index (κ3) is 3.16. The Labute approximate surface area is 109 Å². The number of hydrogen-bond acceptors (Lipinski definition) is 3. The minimum absolute atomic E-state index is 0.660. The van der Waals surface area contributed by atoms with Crippen LogP contribution in [0.4, 0.5) is 0 Å². The van der Waals surface area contributed by atoms with Crippen LogP contribution in [0.1, 0.15) is 32.3 Å². The van der Waals surface area contributed by atoms with Gasteiger partial charge in [-0.3, -0.25) is 0 Å². The third-order valence-corrected chi connectivity index (χ3v) is 3.50. The predicted molar refractivity (Wildman–Crippen MR) is 73.2 cm³/mol. The van der Waals surface area contributed by atoms with E-state index in [0.717, 1.165) is 24.0 Å². The number of hydrogen-bond donors (Lipinski definition) is 1. The molecule has 0 heterocycles. The molecule has 100 valence electrons. The average molecular weight is 249 g/mol. The standard InChI is InChI=1S/C15H23NO2/c1-4-18-15-9-12(5-6-14(15)17-3)10-16-13-7-11(2)8-13/h5-6,9,11,13,16H,4,7-8,10H2,1-3H3. The first-order chi connectivity index (χ1) is 8.72. The summed E-state index contributed by atoms with van der Waals surface area (Å²) in [5, 5.41) is 3.58. The number of rotatable bonds is 6. The van der Waals surface area contributed by atoms with Gasteiger partial charge in [0, 0.05) is 12.6 Å². The van der Waals surface area contributed by atoms with Crippen LogP contribution in [0.15, 0.2) is 18.2 Å². The molecule has 0 aromatic heterocycles. The molecule has 2 rings (SSSR count). The zero-order chi connectivity index (χ0) is 13.0. The molecule has 1 saturated carbocycles. The maximum absolute atomic E-state index is 5.58. The predicted octanol–water partition coefficient (Wildman–Crippen LogP) is 2.98. The lowest BCUT2D eigenvalue weighted by Crippen LogP contribution is -2.39. The highest BCUT2D eigenvalue weighted by atomic mass is 16.5. The van der Waals surface area contributed by atoms with Crippen LogP contribution in [0.5, 0.6) is 11.5 Å². The van der Waals surface area contributed by atoms with Gasteiger partial charge in [0.15, 0.2) is 11.5 Å². The SMILES string of the molecule is CCOc1cc(CNC2CC(C)C2)ccc1OC. The largest absolute Gasteiger partial charge is 0.493 e. The van der Waals surface area contributed by atoms with Crippen molar-refractivity contribution in [1.29, 1.82) is 0 Å². The Morgan fingerprint density at radius 3 is 2.67 bits per heavy atom. The fourth-order valence-electron chi connectivity index (χ4n) is 2.43. The Balaban J connectivity index is 1.93. The van der Waals surface area contributed by atoms with Crippen molar-refractivity contribution in [1.82, 2.24) is 5.32 Å². The first kappa shape index (κ1) is 13.2. The van der Waals surface area contributed by atoms with E-state index < -0.39 is 0 Å². The Morgan fingerprint density at radius 2 is 2.06 bits per heavy atom. The second-order valence-electron chi connectivity index (χ2n) is 5.07. The maximum atomic E-state index is 5.58. The summed E-state index contributed by atoms with van der Waals surface area (Å²) >= 11 is 0. The van der Waals surface area contributed by atoms with Gasteiger partial charge in [-0.15, -0.1) is 0 Å². The van der Waals surface area contributed by atoms with Gasteiger partial charge in [-0.1, -0.05) is 13.0 Å². The van der Waals surface area contributed by atoms with Crippen LogP contribution in [-0.4, -0.2) is 19.8 Å². The molecule has 0 spiro atoms. The van der Waals surface area contributed by atoms with Crippen molar-refractivity contribution >= 4 is 0 Å². The van der Waals surface area contributed by atoms with Crippen LogP contribution in [-0.2, 0) is 6.54 Å². The molecule has 1 aliphatic carbocycles. The van der Waals surface area contributed by atoms with Gasteiger partial charge >= 0.3 is 0 Å². The molecular weight excluding hydrogens is 226 g/mol. The molecule has 0 amide bonds. The van der Waals surface area contributed by atoms with E-state index >= 15 is 0 Å². The first-order valence-electron chi connectivity index (χ1n) is 6.76. The zero-order valence-corrected chi connectivity index (χ0v) is 11.5. The van der Waals surface area contributed by atoms with Crippen LogP contribution < -0.4 is 14.8 Å². The van der Waals surface area contributed by atoms with E-state index in [1.807, 2.05) is 13.0 Å². The number of nitrogens with one attached hydrogen (secondary N) is 1. The minimum atomic E-state index is 0.660. The van der Waals surface area contributed by atoms with Gasteiger partial charge in [0.2, 0.25) is 0 Å². The summed E-state index contributed by atoms with van der Waals surface area (Å²) in [6, 6.07) is 6.83. The van der Waals surface area contributed by atoms with E-state index in [9.17, 15) is 0 Å². The van der Waals surface area contributed by atoms with Gasteiger partial charge in [-0.25, -0.2) is 0 Å². The quantitative estimate of drug-likeness (QED) is 0.840. The average Bonchev–Trinajstić information content (AvgIpc) is 2.34. The van der Waals surface area contributed by atoms with E-state index in [4.69, 9.17) is 9.47 Å². The molecule has 18 heavy (non-hydrogen) atoms. The van der Waals surface area contributed by atoms with Gasteiger partial charge in [-0.2, -0.15) is 0 Å². The molecule has 0 atom stereocenters. The Hall–Kier alpha value is -1.22. The molecule has 0 aliphatic heterocycles. The van der Waals surface area contributed by atoms with Crippen molar-refractivity contribution in [2.24, 2.45) is 5.92 Å². The molecule has 0 bridgehead atoms. The molecule has 0 radical (unpaired) electrons. The minimum Gasteiger partial charge on any atom is -0.493 e. The fourth-order valence-corrected chi connectivity index (χ4v) is 2.43. The maximum Gasteiger partial charge on any atom is 0.161 e. The van der Waals surface area contributed by atoms with Crippen molar-refractivity contribution in [3.8, 4) is 11.5 Å². The Kier molecular flexibility index (Phi) is 4.48. The molecule has 0 saturated heterocycles. The van der Waals surface area contributed by atoms with Gasteiger partial charge in [-0.05, 0) is 43.4 Å². The fraction of sp³-hybridized carbons (Fsp3) is 0.600. The van der Waals surface area contributed by atoms with E-state index in [0.29, 0.717) is 12.6 Å². The van der Waals surface area contributed by atoms with Crippen LogP contribution in [0, 0.1) is 5.92 Å². The first-order valence-corrected chi connectivity index (χ1v) is 6.76. The Bertz CT molecular complexity index is 386. The van der Waals surface area contributed by atoms with E-state index in [2.05, 4.69) is 24.4 Å². The van der Waals surface area contributed by atoms with Crippen molar-refractivity contribution in [2.75, 3.05) is 13.7 Å². The van der Waals surface area contributed by atoms with Crippen LogP contribution in [0.2, 0.25) is 0 Å². The summed E-state index contributed by atoms with van der Waals surface area (Å²) in [6.45, 7) is 5.85. The van der Waals surface area contributed by atoms with E-state index in [1.54, 1.807) is 7.11 Å². The molecular formula is C15H23NO2. The molecule has 1 aliphatic rings. The van der Waals surface area contributed by atoms with Crippen LogP contribution in [0.25, 0.3) is 0 Å². The molecule has 3 heteroatoms. The van der Waals surface area contributed by atoms with Crippen molar-refractivity contribution in [2.45, 2.75) is 39.3 Å². The highest BCUT2D eigenvalue weighted by Crippen LogP contribution is 2.29. The van der Waals surface area contributed by atoms with Gasteiger partial charge in [0.05, 0.1) is 13.7 Å². The molecule has 1 N–H and O–H groups in total. The van der Waals surface area contributed by atoms with Crippen LogP contribution >= 0.6 is 0 Å². The molecule has 0 unspecified atom stereocenters. The number of methoxy groups -OCH3 is 1. The van der Waals surface area contributed by atoms with Crippen molar-refractivity contribution < 1.29 is 9.47 Å². The zero-order valence-electron chi connectivity index (χ0n) is 11.5. The van der Waals surface area contributed by atoms with Crippen molar-refractivity contribution in [3.05, 3.63) is 23.8 Å². The second kappa shape index (κ2) is 6.10. The highest BCUT2D eigenvalue weighted by molar-refractivity contribution is 5.42. The van der Waals surface area contributed by atoms with Gasteiger partial charge in [0.1, 0.15) is 0 Å².